The monoisotopic (exact) mass is 510 g/mol. The zero-order valence-electron chi connectivity index (χ0n) is 22.3. The molecule has 2 atom stereocenters. The molecule has 1 aromatic heterocycles. The molecule has 0 radical (unpaired) electrons. The number of fused-ring (bicyclic) bond motifs is 1. The van der Waals surface area contributed by atoms with Crippen LogP contribution in [0.4, 0.5) is 0 Å². The number of nitrogens with zero attached hydrogens (tertiary/aromatic N) is 3. The van der Waals surface area contributed by atoms with Crippen molar-refractivity contribution in [3.05, 3.63) is 90.3 Å². The lowest BCUT2D eigenvalue weighted by atomic mass is 9.95. The lowest BCUT2D eigenvalue weighted by Crippen LogP contribution is -2.42. The maximum absolute atomic E-state index is 13.3. The molecule has 1 aliphatic rings. The van der Waals surface area contributed by atoms with Crippen LogP contribution in [0.3, 0.4) is 0 Å². The quantitative estimate of drug-likeness (QED) is 0.290. The lowest BCUT2D eigenvalue weighted by molar-refractivity contribution is -0.132. The summed E-state index contributed by atoms with van der Waals surface area (Å²) in [5.74, 6) is 1.45. The summed E-state index contributed by atoms with van der Waals surface area (Å²) in [5, 5.41) is 0. The molecule has 6 heteroatoms. The number of rotatable bonds is 10. The van der Waals surface area contributed by atoms with Crippen molar-refractivity contribution in [1.29, 1.82) is 0 Å². The first-order chi connectivity index (χ1) is 18.6. The Labute approximate surface area is 225 Å². The van der Waals surface area contributed by atoms with E-state index in [-0.39, 0.29) is 17.9 Å². The van der Waals surface area contributed by atoms with E-state index in [9.17, 15) is 4.79 Å². The van der Waals surface area contributed by atoms with Crippen molar-refractivity contribution >= 4 is 16.9 Å². The second-order valence-corrected chi connectivity index (χ2v) is 10.4. The van der Waals surface area contributed by atoms with Gasteiger partial charge < -0.3 is 19.9 Å². The molecule has 0 aliphatic carbocycles. The first-order valence-corrected chi connectivity index (χ1v) is 13.7. The summed E-state index contributed by atoms with van der Waals surface area (Å²) >= 11 is 0. The number of aryl methyl sites for hydroxylation is 1. The Kier molecular flexibility index (Phi) is 8.51. The third-order valence-corrected chi connectivity index (χ3v) is 7.52. The van der Waals surface area contributed by atoms with Gasteiger partial charge in [-0.05, 0) is 54.5 Å². The van der Waals surface area contributed by atoms with Gasteiger partial charge in [0, 0.05) is 51.7 Å². The third-order valence-electron chi connectivity index (χ3n) is 7.52. The second kappa shape index (κ2) is 12.4. The number of methoxy groups -OCH3 is 1. The Hall–Kier alpha value is -3.48. The van der Waals surface area contributed by atoms with Crippen LogP contribution in [0.1, 0.15) is 43.0 Å². The summed E-state index contributed by atoms with van der Waals surface area (Å²) in [5.41, 5.74) is 12.2. The molecule has 3 aromatic carbocycles. The van der Waals surface area contributed by atoms with Crippen molar-refractivity contribution in [2.45, 2.75) is 50.6 Å². The van der Waals surface area contributed by atoms with Crippen molar-refractivity contribution in [3.63, 3.8) is 0 Å². The highest BCUT2D eigenvalue weighted by Crippen LogP contribution is 2.30. The van der Waals surface area contributed by atoms with E-state index in [1.165, 1.54) is 11.1 Å². The Morgan fingerprint density at radius 2 is 1.84 bits per heavy atom. The average Bonchev–Trinajstić information content (AvgIpc) is 3.32. The maximum atomic E-state index is 13.3. The SMILES string of the molecule is COCCCn1c(C2CCCN(C(=O)CC(N)Cc3cccc(-c4ccccc4)c3)C2)nc2ccccc21. The van der Waals surface area contributed by atoms with E-state index < -0.39 is 0 Å². The van der Waals surface area contributed by atoms with Gasteiger partial charge in [0.1, 0.15) is 5.82 Å². The van der Waals surface area contributed by atoms with Gasteiger partial charge in [-0.2, -0.15) is 0 Å². The van der Waals surface area contributed by atoms with Gasteiger partial charge in [0.2, 0.25) is 5.91 Å². The average molecular weight is 511 g/mol. The summed E-state index contributed by atoms with van der Waals surface area (Å²) in [6.07, 6.45) is 3.98. The summed E-state index contributed by atoms with van der Waals surface area (Å²) in [6.45, 7) is 3.06. The molecule has 0 spiro atoms. The number of hydrogen-bond acceptors (Lipinski definition) is 4. The Balaban J connectivity index is 1.24. The largest absolute Gasteiger partial charge is 0.385 e. The van der Waals surface area contributed by atoms with Crippen LogP contribution < -0.4 is 5.73 Å². The summed E-state index contributed by atoms with van der Waals surface area (Å²) in [4.78, 5) is 20.4. The molecule has 5 rings (SSSR count). The molecule has 2 unspecified atom stereocenters. The summed E-state index contributed by atoms with van der Waals surface area (Å²) in [6, 6.07) is 26.9. The predicted octanol–water partition coefficient (Wildman–Crippen LogP) is 5.41. The van der Waals surface area contributed by atoms with Crippen LogP contribution in [0, 0.1) is 0 Å². The van der Waals surface area contributed by atoms with Crippen molar-refractivity contribution < 1.29 is 9.53 Å². The molecule has 38 heavy (non-hydrogen) atoms. The standard InChI is InChI=1S/C32H38N4O2/c1-38-19-9-18-36-30-16-6-5-15-29(30)34-32(36)27-14-8-17-35(23-27)31(37)22-28(33)21-24-10-7-13-26(20-24)25-11-3-2-4-12-25/h2-7,10-13,15-16,20,27-28H,8-9,14,17-19,21-23,33H2,1H3. The highest BCUT2D eigenvalue weighted by atomic mass is 16.5. The van der Waals surface area contributed by atoms with Gasteiger partial charge in [0.05, 0.1) is 11.0 Å². The minimum absolute atomic E-state index is 0.142. The fourth-order valence-electron chi connectivity index (χ4n) is 5.66. The van der Waals surface area contributed by atoms with Gasteiger partial charge in [-0.25, -0.2) is 4.98 Å². The van der Waals surface area contributed by atoms with Crippen molar-refractivity contribution in [2.75, 3.05) is 26.8 Å². The maximum Gasteiger partial charge on any atom is 0.224 e. The summed E-state index contributed by atoms with van der Waals surface area (Å²) in [7, 11) is 1.74. The third kappa shape index (κ3) is 6.14. The minimum atomic E-state index is -0.215. The smallest absolute Gasteiger partial charge is 0.224 e. The van der Waals surface area contributed by atoms with Crippen LogP contribution in [-0.4, -0.2) is 53.2 Å². The number of hydrogen-bond donors (Lipinski definition) is 1. The number of imidazole rings is 1. The first-order valence-electron chi connectivity index (χ1n) is 13.7. The Morgan fingerprint density at radius 3 is 2.68 bits per heavy atom. The van der Waals surface area contributed by atoms with E-state index in [1.807, 2.05) is 29.2 Å². The molecule has 0 saturated carbocycles. The summed E-state index contributed by atoms with van der Waals surface area (Å²) < 4.78 is 7.63. The number of piperidine rings is 1. The fourth-order valence-corrected chi connectivity index (χ4v) is 5.66. The van der Waals surface area contributed by atoms with Gasteiger partial charge in [0.25, 0.3) is 0 Å². The molecular weight excluding hydrogens is 472 g/mol. The predicted molar refractivity (Wildman–Crippen MR) is 153 cm³/mol. The number of carbonyl (C=O) groups excluding carboxylic acids is 1. The van der Waals surface area contributed by atoms with Gasteiger partial charge in [-0.1, -0.05) is 66.7 Å². The van der Waals surface area contributed by atoms with Crippen molar-refractivity contribution in [3.8, 4) is 11.1 Å². The molecular formula is C32H38N4O2. The van der Waals surface area contributed by atoms with E-state index in [0.29, 0.717) is 26.0 Å². The van der Waals surface area contributed by atoms with E-state index in [0.717, 1.165) is 54.8 Å². The van der Waals surface area contributed by atoms with Gasteiger partial charge in [-0.3, -0.25) is 4.79 Å². The molecule has 6 nitrogen and oxygen atoms in total. The van der Waals surface area contributed by atoms with E-state index >= 15 is 0 Å². The van der Waals surface area contributed by atoms with Gasteiger partial charge in [0.15, 0.2) is 0 Å². The number of para-hydroxylation sites is 2. The highest BCUT2D eigenvalue weighted by molar-refractivity contribution is 5.78. The van der Waals surface area contributed by atoms with Gasteiger partial charge in [-0.15, -0.1) is 0 Å². The van der Waals surface area contributed by atoms with Crippen LogP contribution in [0.2, 0.25) is 0 Å². The molecule has 2 heterocycles. The van der Waals surface area contributed by atoms with Crippen molar-refractivity contribution in [2.24, 2.45) is 5.73 Å². The van der Waals surface area contributed by atoms with Crippen LogP contribution >= 0.6 is 0 Å². The molecule has 4 aromatic rings. The topological polar surface area (TPSA) is 73.4 Å². The first kappa shape index (κ1) is 26.1. The van der Waals surface area contributed by atoms with Crippen LogP contribution in [0.5, 0.6) is 0 Å². The molecule has 1 saturated heterocycles. The zero-order chi connectivity index (χ0) is 26.3. The van der Waals surface area contributed by atoms with Crippen molar-refractivity contribution in [1.82, 2.24) is 14.5 Å². The van der Waals surface area contributed by atoms with Gasteiger partial charge >= 0.3 is 0 Å². The van der Waals surface area contributed by atoms with E-state index in [1.54, 1.807) is 7.11 Å². The molecule has 198 valence electrons. The number of likely N-dealkylation sites (tertiary alicyclic amines) is 1. The molecule has 0 bridgehead atoms. The number of amides is 1. The number of aromatic nitrogens is 2. The molecule has 1 aliphatic heterocycles. The molecule has 1 fully saturated rings. The number of carbonyl (C=O) groups is 1. The fraction of sp³-hybridized carbons (Fsp3) is 0.375. The van der Waals surface area contributed by atoms with E-state index in [4.69, 9.17) is 15.5 Å². The van der Waals surface area contributed by atoms with Crippen LogP contribution in [0.25, 0.3) is 22.2 Å². The lowest BCUT2D eigenvalue weighted by Gasteiger charge is -2.33. The number of benzene rings is 3. The van der Waals surface area contributed by atoms with Crippen LogP contribution in [-0.2, 0) is 22.5 Å². The Morgan fingerprint density at radius 1 is 1.05 bits per heavy atom. The Bertz CT molecular complexity index is 1350. The minimum Gasteiger partial charge on any atom is -0.385 e. The van der Waals surface area contributed by atoms with Crippen LogP contribution in [0.15, 0.2) is 78.9 Å². The zero-order valence-corrected chi connectivity index (χ0v) is 22.3. The van der Waals surface area contributed by atoms with E-state index in [2.05, 4.69) is 59.2 Å². The normalized spacial score (nSPS) is 16.6. The highest BCUT2D eigenvalue weighted by Gasteiger charge is 2.29. The number of nitrogens with two attached hydrogens (primary N) is 1. The second-order valence-electron chi connectivity index (χ2n) is 10.4. The molecule has 2 N–H and O–H groups in total. The molecule has 1 amide bonds. The number of ether oxygens (including phenoxy) is 1.